The zero-order chi connectivity index (χ0) is 24.4. The maximum Gasteiger partial charge on any atom is 0.323 e. The molecule has 178 valence electrons. The van der Waals surface area contributed by atoms with Crippen LogP contribution in [-0.4, -0.2) is 21.6 Å². The van der Waals surface area contributed by atoms with E-state index in [4.69, 9.17) is 0 Å². The van der Waals surface area contributed by atoms with Gasteiger partial charge >= 0.3 is 5.97 Å². The molecule has 0 fully saturated rings. The van der Waals surface area contributed by atoms with E-state index in [9.17, 15) is 14.7 Å². The van der Waals surface area contributed by atoms with Crippen LogP contribution < -0.4 is 5.32 Å². The van der Waals surface area contributed by atoms with Crippen molar-refractivity contribution in [1.29, 1.82) is 0 Å². The molecule has 1 aliphatic carbocycles. The molecule has 1 heterocycles. The highest BCUT2D eigenvalue weighted by Gasteiger charge is 2.42. The minimum atomic E-state index is -0.854. The van der Waals surface area contributed by atoms with Crippen LogP contribution in [0.3, 0.4) is 0 Å². The molecule has 1 atom stereocenters. The van der Waals surface area contributed by atoms with E-state index in [1.807, 2.05) is 65.2 Å². The Balaban J connectivity index is 1.51. The zero-order valence-electron chi connectivity index (χ0n) is 19.9. The third-order valence-corrected chi connectivity index (χ3v) is 7.54. The topological polar surface area (TPSA) is 71.3 Å². The predicted molar refractivity (Wildman–Crippen MR) is 137 cm³/mol. The number of carboxylic acid groups (broad SMARTS) is 1. The number of nitrogens with zero attached hydrogens (tertiary/aromatic N) is 1. The Morgan fingerprint density at radius 3 is 2.14 bits per heavy atom. The van der Waals surface area contributed by atoms with Crippen molar-refractivity contribution in [3.63, 3.8) is 0 Å². The number of carbonyl (C=O) groups excluding carboxylic acids is 1. The molecule has 1 aromatic heterocycles. The third-order valence-electron chi connectivity index (χ3n) is 7.54. The molecule has 5 nitrogen and oxygen atoms in total. The van der Waals surface area contributed by atoms with E-state index < -0.39 is 11.4 Å². The van der Waals surface area contributed by atoms with Gasteiger partial charge in [0.05, 0.1) is 11.5 Å². The second kappa shape index (κ2) is 9.41. The molecule has 1 unspecified atom stereocenters. The van der Waals surface area contributed by atoms with Gasteiger partial charge in [0.15, 0.2) is 0 Å². The number of carbonyl (C=O) groups is 2. The molecule has 5 rings (SSSR count). The predicted octanol–water partition coefficient (Wildman–Crippen LogP) is 5.52. The average Bonchev–Trinajstić information content (AvgIpc) is 3.20. The summed E-state index contributed by atoms with van der Waals surface area (Å²) < 4.78 is 1.92. The van der Waals surface area contributed by atoms with E-state index in [0.29, 0.717) is 25.7 Å². The number of para-hydroxylation sites is 1. The van der Waals surface area contributed by atoms with Gasteiger partial charge in [0.1, 0.15) is 6.54 Å². The Bertz CT molecular complexity index is 1320. The van der Waals surface area contributed by atoms with Crippen LogP contribution in [0.1, 0.15) is 48.2 Å². The average molecular weight is 467 g/mol. The second-order valence-corrected chi connectivity index (χ2v) is 9.46. The molecule has 3 aromatic carbocycles. The zero-order valence-corrected chi connectivity index (χ0v) is 19.9. The summed E-state index contributed by atoms with van der Waals surface area (Å²) in [7, 11) is 0. The van der Waals surface area contributed by atoms with Crippen LogP contribution in [-0.2, 0) is 29.0 Å². The van der Waals surface area contributed by atoms with Gasteiger partial charge in [-0.15, -0.1) is 0 Å². The molecule has 0 saturated carbocycles. The number of hydrogen-bond acceptors (Lipinski definition) is 2. The van der Waals surface area contributed by atoms with Gasteiger partial charge in [-0.25, -0.2) is 0 Å². The highest BCUT2D eigenvalue weighted by atomic mass is 16.4. The Morgan fingerprint density at radius 2 is 1.54 bits per heavy atom. The first-order valence-corrected chi connectivity index (χ1v) is 12.2. The molecule has 2 N–H and O–H groups in total. The first-order chi connectivity index (χ1) is 17.0. The fraction of sp³-hybridized carbons (Fsp3) is 0.267. The third kappa shape index (κ3) is 4.23. The molecular formula is C30H30N2O3. The van der Waals surface area contributed by atoms with Crippen molar-refractivity contribution >= 4 is 22.8 Å². The van der Waals surface area contributed by atoms with Crippen molar-refractivity contribution < 1.29 is 14.7 Å². The summed E-state index contributed by atoms with van der Waals surface area (Å²) in [5.41, 5.74) is 4.64. The molecule has 35 heavy (non-hydrogen) atoms. The van der Waals surface area contributed by atoms with Crippen LogP contribution in [0.5, 0.6) is 0 Å². The van der Waals surface area contributed by atoms with Crippen molar-refractivity contribution in [2.24, 2.45) is 5.41 Å². The first-order valence-electron chi connectivity index (χ1n) is 12.2. The monoisotopic (exact) mass is 466 g/mol. The van der Waals surface area contributed by atoms with Gasteiger partial charge in [-0.3, -0.25) is 9.59 Å². The number of aromatic nitrogens is 1. The first kappa shape index (κ1) is 22.9. The summed E-state index contributed by atoms with van der Waals surface area (Å²) in [6.07, 6.45) is 2.69. The minimum Gasteiger partial charge on any atom is -0.480 e. The van der Waals surface area contributed by atoms with Crippen molar-refractivity contribution in [2.45, 2.75) is 45.2 Å². The van der Waals surface area contributed by atoms with Crippen molar-refractivity contribution in [1.82, 2.24) is 9.88 Å². The smallest absolute Gasteiger partial charge is 0.323 e. The van der Waals surface area contributed by atoms with Crippen LogP contribution in [0.2, 0.25) is 0 Å². The fourth-order valence-corrected chi connectivity index (χ4v) is 5.60. The highest BCUT2D eigenvalue weighted by molar-refractivity contribution is 5.90. The van der Waals surface area contributed by atoms with Gasteiger partial charge in [0.25, 0.3) is 0 Å². The van der Waals surface area contributed by atoms with Gasteiger partial charge in [-0.2, -0.15) is 0 Å². The lowest BCUT2D eigenvalue weighted by Crippen LogP contribution is -2.46. The maximum atomic E-state index is 14.0. The Hall–Kier alpha value is -3.86. The molecule has 0 aliphatic heterocycles. The Kier molecular flexibility index (Phi) is 6.16. The number of nitrogens with one attached hydrogen (secondary N) is 1. The SMILES string of the molecule is CCC1(C(=O)NC(c2ccccc2)c2ccccc2)CCc2c(c3ccccc3n2CC(=O)O)C1. The summed E-state index contributed by atoms with van der Waals surface area (Å²) >= 11 is 0. The van der Waals surface area contributed by atoms with Gasteiger partial charge in [0.2, 0.25) is 5.91 Å². The summed E-state index contributed by atoms with van der Waals surface area (Å²) in [5.74, 6) is -0.800. The largest absolute Gasteiger partial charge is 0.480 e. The molecule has 1 aliphatic rings. The second-order valence-electron chi connectivity index (χ2n) is 9.46. The van der Waals surface area contributed by atoms with Gasteiger partial charge in [-0.05, 0) is 48.4 Å². The van der Waals surface area contributed by atoms with Crippen LogP contribution in [0.4, 0.5) is 0 Å². The minimum absolute atomic E-state index is 0.0541. The fourth-order valence-electron chi connectivity index (χ4n) is 5.60. The Morgan fingerprint density at radius 1 is 0.943 bits per heavy atom. The number of benzene rings is 3. The number of rotatable bonds is 7. The molecular weight excluding hydrogens is 436 g/mol. The standard InChI is InChI=1S/C30H30N2O3/c1-2-30(29(35)31-28(21-11-5-3-6-12-21)22-13-7-4-8-14-22)18-17-26-24(19-30)23-15-9-10-16-25(23)32(26)20-27(33)34/h3-16,28H,2,17-20H2,1H3,(H,31,35)(H,33,34). The van der Waals surface area contributed by atoms with E-state index in [1.165, 1.54) is 0 Å². The van der Waals surface area contributed by atoms with Crippen LogP contribution >= 0.6 is 0 Å². The van der Waals surface area contributed by atoms with Gasteiger partial charge in [0, 0.05) is 16.6 Å². The van der Waals surface area contributed by atoms with E-state index in [2.05, 4.69) is 36.5 Å². The van der Waals surface area contributed by atoms with Crippen LogP contribution in [0, 0.1) is 5.41 Å². The molecule has 1 amide bonds. The van der Waals surface area contributed by atoms with E-state index in [1.54, 1.807) is 0 Å². The normalized spacial score (nSPS) is 17.3. The number of fused-ring (bicyclic) bond motifs is 3. The summed E-state index contributed by atoms with van der Waals surface area (Å²) in [4.78, 5) is 25.6. The Labute approximate surface area is 205 Å². The molecule has 4 aromatic rings. The number of hydrogen-bond donors (Lipinski definition) is 2. The molecule has 0 bridgehead atoms. The van der Waals surface area contributed by atoms with Crippen LogP contribution in [0.25, 0.3) is 10.9 Å². The molecule has 5 heteroatoms. The highest BCUT2D eigenvalue weighted by Crippen LogP contribution is 2.43. The van der Waals surface area contributed by atoms with E-state index in [0.717, 1.165) is 33.3 Å². The van der Waals surface area contributed by atoms with Crippen molar-refractivity contribution in [3.05, 3.63) is 107 Å². The number of carboxylic acids is 1. The van der Waals surface area contributed by atoms with Gasteiger partial charge in [-0.1, -0.05) is 85.8 Å². The quantitative estimate of drug-likeness (QED) is 0.377. The maximum absolute atomic E-state index is 14.0. The number of aliphatic carboxylic acids is 1. The summed E-state index contributed by atoms with van der Waals surface area (Å²) in [6.45, 7) is 2.02. The van der Waals surface area contributed by atoms with Crippen molar-refractivity contribution in [3.8, 4) is 0 Å². The lowest BCUT2D eigenvalue weighted by Gasteiger charge is -2.37. The van der Waals surface area contributed by atoms with E-state index in [-0.39, 0.29) is 18.5 Å². The molecule has 0 saturated heterocycles. The van der Waals surface area contributed by atoms with Gasteiger partial charge < -0.3 is 15.0 Å². The lowest BCUT2D eigenvalue weighted by molar-refractivity contribution is -0.138. The molecule has 0 radical (unpaired) electrons. The summed E-state index contributed by atoms with van der Waals surface area (Å²) in [5, 5.41) is 14.0. The van der Waals surface area contributed by atoms with Crippen molar-refractivity contribution in [2.75, 3.05) is 0 Å². The van der Waals surface area contributed by atoms with E-state index >= 15 is 0 Å². The molecule has 0 spiro atoms. The van der Waals surface area contributed by atoms with Crippen LogP contribution in [0.15, 0.2) is 84.9 Å². The summed E-state index contributed by atoms with van der Waals surface area (Å²) in [6, 6.07) is 27.9. The number of amides is 1. The lowest BCUT2D eigenvalue weighted by atomic mass is 9.70.